The van der Waals surface area contributed by atoms with Crippen LogP contribution in [0.15, 0.2) is 23.4 Å². The molecule has 0 radical (unpaired) electrons. The van der Waals surface area contributed by atoms with Crippen LogP contribution in [0.4, 0.5) is 0 Å². The van der Waals surface area contributed by atoms with E-state index in [0.717, 1.165) is 24.8 Å². The molecule has 0 saturated carbocycles. The van der Waals surface area contributed by atoms with Gasteiger partial charge in [-0.3, -0.25) is 0 Å². The number of hydrogen-bond acceptors (Lipinski definition) is 3. The van der Waals surface area contributed by atoms with Gasteiger partial charge in [-0.1, -0.05) is 12.5 Å². The van der Waals surface area contributed by atoms with Gasteiger partial charge in [0.15, 0.2) is 5.03 Å². The average Bonchev–Trinajstić information content (AvgIpc) is 2.40. The quantitative estimate of drug-likeness (QED) is 0.792. The zero-order valence-corrected chi connectivity index (χ0v) is 11.0. The first-order valence-corrected chi connectivity index (χ1v) is 7.63. The van der Waals surface area contributed by atoms with E-state index in [9.17, 15) is 8.42 Å². The van der Waals surface area contributed by atoms with E-state index in [1.165, 1.54) is 16.6 Å². The van der Waals surface area contributed by atoms with Crippen molar-refractivity contribution in [2.45, 2.75) is 30.2 Å². The molecular weight excluding hydrogens is 260 g/mol. The topological polar surface area (TPSA) is 50.3 Å². The van der Waals surface area contributed by atoms with Crippen LogP contribution in [-0.2, 0) is 15.9 Å². The molecule has 0 atom stereocenters. The maximum absolute atomic E-state index is 12.2. The Morgan fingerprint density at radius 2 is 1.94 bits per heavy atom. The highest BCUT2D eigenvalue weighted by molar-refractivity contribution is 7.89. The Hall–Kier alpha value is -0.650. The molecule has 1 aromatic rings. The Balaban J connectivity index is 2.23. The lowest BCUT2D eigenvalue weighted by molar-refractivity contribution is 0.345. The van der Waals surface area contributed by atoms with Crippen molar-refractivity contribution in [2.24, 2.45) is 0 Å². The van der Waals surface area contributed by atoms with Gasteiger partial charge in [-0.15, -0.1) is 11.6 Å². The largest absolute Gasteiger partial charge is 0.260 e. The minimum absolute atomic E-state index is 0.119. The van der Waals surface area contributed by atoms with E-state index < -0.39 is 10.0 Å². The van der Waals surface area contributed by atoms with E-state index in [1.54, 1.807) is 6.07 Å². The second-order valence-corrected chi connectivity index (χ2v) is 6.26. The van der Waals surface area contributed by atoms with E-state index >= 15 is 0 Å². The zero-order chi connectivity index (χ0) is 12.3. The second-order valence-electron chi connectivity index (χ2n) is 4.10. The number of nitrogens with zero attached hydrogens (tertiary/aromatic N) is 2. The number of halogens is 1. The Labute approximate surface area is 107 Å². The summed E-state index contributed by atoms with van der Waals surface area (Å²) in [6, 6.07) is 3.23. The van der Waals surface area contributed by atoms with Crippen molar-refractivity contribution in [3.05, 3.63) is 23.9 Å². The first kappa shape index (κ1) is 12.8. The summed E-state index contributed by atoms with van der Waals surface area (Å²) in [6.07, 6.45) is 4.48. The lowest BCUT2D eigenvalue weighted by Gasteiger charge is -2.25. The number of hydrogen-bond donors (Lipinski definition) is 0. The van der Waals surface area contributed by atoms with Crippen LogP contribution in [0.1, 0.15) is 24.8 Å². The third-order valence-corrected chi connectivity index (χ3v) is 4.99. The van der Waals surface area contributed by atoms with E-state index in [0.29, 0.717) is 19.0 Å². The summed E-state index contributed by atoms with van der Waals surface area (Å²) >= 11 is 5.64. The Morgan fingerprint density at radius 1 is 1.24 bits per heavy atom. The van der Waals surface area contributed by atoms with Gasteiger partial charge in [0.2, 0.25) is 0 Å². The van der Waals surface area contributed by atoms with Gasteiger partial charge in [-0.25, -0.2) is 13.4 Å². The molecule has 0 aliphatic carbocycles. The predicted molar refractivity (Wildman–Crippen MR) is 66.4 cm³/mol. The predicted octanol–water partition coefficient (Wildman–Crippen LogP) is 2.00. The smallest absolute Gasteiger partial charge is 0.243 e. The lowest BCUT2D eigenvalue weighted by atomic mass is 10.2. The van der Waals surface area contributed by atoms with Gasteiger partial charge in [0, 0.05) is 25.2 Å². The van der Waals surface area contributed by atoms with Gasteiger partial charge in [0.1, 0.15) is 0 Å². The monoisotopic (exact) mass is 274 g/mol. The molecule has 0 spiro atoms. The molecule has 1 aliphatic heterocycles. The van der Waals surface area contributed by atoms with E-state index in [2.05, 4.69) is 4.98 Å². The van der Waals surface area contributed by atoms with E-state index in [1.807, 2.05) is 0 Å². The van der Waals surface area contributed by atoms with Crippen LogP contribution in [-0.4, -0.2) is 30.8 Å². The Kier molecular flexibility index (Phi) is 4.01. The fourth-order valence-electron chi connectivity index (χ4n) is 1.88. The van der Waals surface area contributed by atoms with E-state index in [-0.39, 0.29) is 5.03 Å². The molecule has 6 heteroatoms. The summed E-state index contributed by atoms with van der Waals surface area (Å²) in [6.45, 7) is 1.20. The van der Waals surface area contributed by atoms with Crippen molar-refractivity contribution in [1.82, 2.24) is 9.29 Å². The van der Waals surface area contributed by atoms with Crippen molar-refractivity contribution in [3.8, 4) is 0 Å². The van der Waals surface area contributed by atoms with Gasteiger partial charge in [0.05, 0.1) is 0 Å². The first-order chi connectivity index (χ1) is 8.14. The van der Waals surface area contributed by atoms with Gasteiger partial charge < -0.3 is 0 Å². The molecule has 0 bridgehead atoms. The summed E-state index contributed by atoms with van der Waals surface area (Å²) in [7, 11) is -3.41. The Morgan fingerprint density at radius 3 is 2.47 bits per heavy atom. The molecule has 0 N–H and O–H groups in total. The van der Waals surface area contributed by atoms with Crippen LogP contribution in [0.2, 0.25) is 0 Å². The Bertz CT molecular complexity index is 467. The molecule has 0 unspecified atom stereocenters. The van der Waals surface area contributed by atoms with Crippen molar-refractivity contribution < 1.29 is 8.42 Å². The summed E-state index contributed by atoms with van der Waals surface area (Å²) in [5, 5.41) is 0.119. The van der Waals surface area contributed by atoms with Crippen LogP contribution in [0.3, 0.4) is 0 Å². The maximum Gasteiger partial charge on any atom is 0.260 e. The molecule has 1 saturated heterocycles. The third-order valence-electron chi connectivity index (χ3n) is 2.87. The molecule has 2 rings (SSSR count). The molecule has 0 aromatic carbocycles. The van der Waals surface area contributed by atoms with Crippen molar-refractivity contribution >= 4 is 21.6 Å². The summed E-state index contributed by atoms with van der Waals surface area (Å²) in [4.78, 5) is 3.98. The number of sulfonamides is 1. The summed E-state index contributed by atoms with van der Waals surface area (Å²) in [5.74, 6) is 0.344. The number of piperidine rings is 1. The number of alkyl halides is 1. The molecule has 2 heterocycles. The second kappa shape index (κ2) is 5.33. The summed E-state index contributed by atoms with van der Waals surface area (Å²) in [5.41, 5.74) is 0.823. The van der Waals surface area contributed by atoms with Gasteiger partial charge in [-0.05, 0) is 24.5 Å². The highest BCUT2D eigenvalue weighted by atomic mass is 35.5. The number of pyridine rings is 1. The van der Waals surface area contributed by atoms with Crippen LogP contribution >= 0.6 is 11.6 Å². The van der Waals surface area contributed by atoms with Crippen molar-refractivity contribution in [3.63, 3.8) is 0 Å². The van der Waals surface area contributed by atoms with Crippen LogP contribution in [0, 0.1) is 0 Å². The molecule has 1 aromatic heterocycles. The van der Waals surface area contributed by atoms with Crippen LogP contribution in [0.25, 0.3) is 0 Å². The molecule has 94 valence electrons. The molecule has 0 amide bonds. The van der Waals surface area contributed by atoms with Crippen molar-refractivity contribution in [1.29, 1.82) is 0 Å². The van der Waals surface area contributed by atoms with E-state index in [4.69, 9.17) is 11.6 Å². The number of rotatable bonds is 3. The highest BCUT2D eigenvalue weighted by Gasteiger charge is 2.26. The summed E-state index contributed by atoms with van der Waals surface area (Å²) < 4.78 is 25.9. The fourth-order valence-corrected chi connectivity index (χ4v) is 3.47. The fraction of sp³-hybridized carbons (Fsp3) is 0.545. The zero-order valence-electron chi connectivity index (χ0n) is 9.47. The molecule has 1 aliphatic rings. The molecular formula is C11H15ClN2O2S. The molecule has 4 nitrogen and oxygen atoms in total. The van der Waals surface area contributed by atoms with Crippen LogP contribution < -0.4 is 0 Å². The molecule has 17 heavy (non-hydrogen) atoms. The maximum atomic E-state index is 12.2. The van der Waals surface area contributed by atoms with Crippen molar-refractivity contribution in [2.75, 3.05) is 13.1 Å². The van der Waals surface area contributed by atoms with Gasteiger partial charge in [-0.2, -0.15) is 4.31 Å². The highest BCUT2D eigenvalue weighted by Crippen LogP contribution is 2.19. The van der Waals surface area contributed by atoms with Crippen LogP contribution in [0.5, 0.6) is 0 Å². The third kappa shape index (κ3) is 2.78. The van der Waals surface area contributed by atoms with Gasteiger partial charge >= 0.3 is 0 Å². The average molecular weight is 275 g/mol. The standard InChI is InChI=1S/C11H15ClN2O2S/c12-8-10-4-5-11(13-9-10)17(15,16)14-6-2-1-3-7-14/h4-5,9H,1-3,6-8H2. The lowest BCUT2D eigenvalue weighted by Crippen LogP contribution is -2.36. The SMILES string of the molecule is O=S(=O)(c1ccc(CCl)cn1)N1CCCCC1. The normalized spacial score (nSPS) is 18.2. The van der Waals surface area contributed by atoms with Gasteiger partial charge in [0.25, 0.3) is 10.0 Å². The minimum Gasteiger partial charge on any atom is -0.243 e. The molecule has 1 fully saturated rings. The first-order valence-electron chi connectivity index (χ1n) is 5.65. The number of aromatic nitrogens is 1. The minimum atomic E-state index is -3.41.